The van der Waals surface area contributed by atoms with Crippen molar-refractivity contribution in [3.8, 4) is 5.75 Å². The van der Waals surface area contributed by atoms with Gasteiger partial charge in [0.2, 0.25) is 0 Å². The monoisotopic (exact) mass is 417 g/mol. The van der Waals surface area contributed by atoms with Crippen LogP contribution in [-0.2, 0) is 24.3 Å². The molecule has 0 unspecified atom stereocenters. The molecule has 0 aliphatic carbocycles. The lowest BCUT2D eigenvalue weighted by Gasteiger charge is -2.21. The third-order valence-electron chi connectivity index (χ3n) is 4.63. The molecule has 0 radical (unpaired) electrons. The summed E-state index contributed by atoms with van der Waals surface area (Å²) in [6.07, 6.45) is 2.71. The first kappa shape index (κ1) is 21.5. The van der Waals surface area contributed by atoms with E-state index >= 15 is 0 Å². The van der Waals surface area contributed by atoms with E-state index < -0.39 is 0 Å². The van der Waals surface area contributed by atoms with Crippen molar-refractivity contribution < 1.29 is 13.9 Å². The summed E-state index contributed by atoms with van der Waals surface area (Å²) in [6.45, 7) is 6.71. The Balaban J connectivity index is 1.64. The summed E-state index contributed by atoms with van der Waals surface area (Å²) in [4.78, 5) is 5.96. The summed E-state index contributed by atoms with van der Waals surface area (Å²) in [7, 11) is 0. The number of hydrogen-bond acceptors (Lipinski definition) is 4. The lowest BCUT2D eigenvalue weighted by molar-refractivity contribution is -0.0172. The second-order valence-corrected chi connectivity index (χ2v) is 7.70. The fourth-order valence-corrected chi connectivity index (χ4v) is 3.94. The molecule has 7 heteroatoms. The third kappa shape index (κ3) is 5.87. The van der Waals surface area contributed by atoms with E-state index in [2.05, 4.69) is 42.0 Å². The molecule has 2 aromatic carbocycles. The van der Waals surface area contributed by atoms with Crippen LogP contribution in [0.25, 0.3) is 0 Å². The van der Waals surface area contributed by atoms with Gasteiger partial charge in [0.05, 0.1) is 13.2 Å². The van der Waals surface area contributed by atoms with Crippen LogP contribution in [0.2, 0.25) is 0 Å². The molecule has 156 valence electrons. The number of rotatable bonds is 7. The number of benzene rings is 2. The molecule has 1 aliphatic heterocycles. The van der Waals surface area contributed by atoms with Crippen molar-refractivity contribution in [3.63, 3.8) is 0 Å². The van der Waals surface area contributed by atoms with E-state index in [1.807, 2.05) is 6.92 Å². The van der Waals surface area contributed by atoms with Crippen LogP contribution in [0.15, 0.2) is 40.2 Å². The van der Waals surface area contributed by atoms with Crippen molar-refractivity contribution in [1.82, 2.24) is 10.6 Å². The third-order valence-corrected chi connectivity index (χ3v) is 5.45. The number of aliphatic imine (C=N–C) groups is 1. The number of nitrogens with zero attached hydrogens (tertiary/aromatic N) is 1. The highest BCUT2D eigenvalue weighted by Gasteiger charge is 2.16. The Morgan fingerprint density at radius 3 is 2.86 bits per heavy atom. The molecule has 2 N–H and O–H groups in total. The molecule has 0 amide bonds. The quantitative estimate of drug-likeness (QED) is 0.405. The number of fused-ring (bicyclic) bond motifs is 1. The number of halogens is 1. The fraction of sp³-hybridized carbons (Fsp3) is 0.409. The summed E-state index contributed by atoms with van der Waals surface area (Å²) in [6, 6.07) is 9.44. The smallest absolute Gasteiger partial charge is 0.191 e. The molecule has 0 bridgehead atoms. The Kier molecular flexibility index (Phi) is 7.77. The average molecular weight is 418 g/mol. The second kappa shape index (κ2) is 10.5. The molecule has 0 saturated heterocycles. The molecule has 0 saturated carbocycles. The molecule has 1 heterocycles. The van der Waals surface area contributed by atoms with Gasteiger partial charge in [0, 0.05) is 23.5 Å². The lowest BCUT2D eigenvalue weighted by atomic mass is 10.1. The Hall–Kier alpha value is -2.25. The normalized spacial score (nSPS) is 13.6. The van der Waals surface area contributed by atoms with Gasteiger partial charge >= 0.3 is 0 Å². The Morgan fingerprint density at radius 1 is 1.21 bits per heavy atom. The molecule has 5 nitrogen and oxygen atoms in total. The summed E-state index contributed by atoms with van der Waals surface area (Å²) < 4.78 is 24.7. The van der Waals surface area contributed by atoms with Crippen LogP contribution in [0.3, 0.4) is 0 Å². The van der Waals surface area contributed by atoms with Gasteiger partial charge in [-0.3, -0.25) is 0 Å². The van der Waals surface area contributed by atoms with Crippen LogP contribution in [0.5, 0.6) is 5.75 Å². The van der Waals surface area contributed by atoms with Crippen molar-refractivity contribution >= 4 is 17.7 Å². The first-order valence-corrected chi connectivity index (χ1v) is 11.0. The maximum atomic E-state index is 13.9. The second-order valence-electron chi connectivity index (χ2n) is 6.85. The van der Waals surface area contributed by atoms with Crippen LogP contribution in [0, 0.1) is 12.7 Å². The van der Waals surface area contributed by atoms with Crippen LogP contribution in [-0.4, -0.2) is 32.1 Å². The summed E-state index contributed by atoms with van der Waals surface area (Å²) in [5.74, 6) is 1.22. The van der Waals surface area contributed by atoms with Gasteiger partial charge in [-0.2, -0.15) is 0 Å². The number of guanidine groups is 1. The van der Waals surface area contributed by atoms with Crippen LogP contribution >= 0.6 is 11.8 Å². The van der Waals surface area contributed by atoms with Gasteiger partial charge in [-0.15, -0.1) is 11.8 Å². The SMILES string of the molecule is CCNC(=NCc1ccc(C)cc1SC)NCCc1cc(F)cc2c1OCOC2. The molecular weight excluding hydrogens is 389 g/mol. The van der Waals surface area contributed by atoms with Crippen LogP contribution in [0.4, 0.5) is 4.39 Å². The topological polar surface area (TPSA) is 54.9 Å². The Morgan fingerprint density at radius 2 is 2.07 bits per heavy atom. The standard InChI is InChI=1S/C22H28FN3O2S/c1-4-24-22(26-12-17-6-5-15(2)9-20(17)29-3)25-8-7-16-10-19(23)11-18-13-27-14-28-21(16)18/h5-6,9-11H,4,7-8,12-14H2,1-3H3,(H2,24,25,26). The maximum absolute atomic E-state index is 13.9. The minimum Gasteiger partial charge on any atom is -0.467 e. The number of ether oxygens (including phenoxy) is 2. The van der Waals surface area contributed by atoms with E-state index in [1.165, 1.54) is 28.2 Å². The Labute approximate surface area is 176 Å². The van der Waals surface area contributed by atoms with E-state index in [9.17, 15) is 4.39 Å². The fourth-order valence-electron chi connectivity index (χ4n) is 3.25. The zero-order chi connectivity index (χ0) is 20.6. The van der Waals surface area contributed by atoms with Crippen molar-refractivity contribution in [2.45, 2.75) is 38.3 Å². The highest BCUT2D eigenvalue weighted by molar-refractivity contribution is 7.98. The number of aryl methyl sites for hydroxylation is 1. The Bertz CT molecular complexity index is 873. The van der Waals surface area contributed by atoms with Crippen molar-refractivity contribution in [3.05, 3.63) is 58.4 Å². The average Bonchev–Trinajstić information content (AvgIpc) is 2.72. The molecule has 29 heavy (non-hydrogen) atoms. The summed E-state index contributed by atoms with van der Waals surface area (Å²) in [5.41, 5.74) is 4.05. The van der Waals surface area contributed by atoms with E-state index in [4.69, 9.17) is 14.5 Å². The van der Waals surface area contributed by atoms with Gasteiger partial charge in [0.25, 0.3) is 0 Å². The van der Waals surface area contributed by atoms with Crippen molar-refractivity contribution in [2.24, 2.45) is 4.99 Å². The van der Waals surface area contributed by atoms with E-state index in [0.29, 0.717) is 26.1 Å². The van der Waals surface area contributed by atoms with Gasteiger partial charge in [0.15, 0.2) is 12.8 Å². The van der Waals surface area contributed by atoms with Gasteiger partial charge in [-0.25, -0.2) is 9.38 Å². The van der Waals surface area contributed by atoms with Gasteiger partial charge in [-0.1, -0.05) is 12.1 Å². The van der Waals surface area contributed by atoms with Gasteiger partial charge in [0.1, 0.15) is 11.6 Å². The predicted molar refractivity (Wildman–Crippen MR) is 116 cm³/mol. The van der Waals surface area contributed by atoms with Gasteiger partial charge < -0.3 is 20.1 Å². The number of hydrogen-bond donors (Lipinski definition) is 2. The predicted octanol–water partition coefficient (Wildman–Crippen LogP) is 4.02. The van der Waals surface area contributed by atoms with Crippen LogP contribution < -0.4 is 15.4 Å². The highest BCUT2D eigenvalue weighted by atomic mass is 32.2. The van der Waals surface area contributed by atoms with Crippen LogP contribution in [0.1, 0.15) is 29.2 Å². The molecular formula is C22H28FN3O2S. The number of thioether (sulfide) groups is 1. The minimum absolute atomic E-state index is 0.206. The first-order valence-electron chi connectivity index (χ1n) is 9.78. The summed E-state index contributed by atoms with van der Waals surface area (Å²) >= 11 is 1.73. The van der Waals surface area contributed by atoms with E-state index in [1.54, 1.807) is 11.8 Å². The molecule has 1 aliphatic rings. The summed E-state index contributed by atoms with van der Waals surface area (Å²) in [5, 5.41) is 6.61. The molecule has 3 rings (SSSR count). The largest absolute Gasteiger partial charge is 0.467 e. The minimum atomic E-state index is -0.266. The maximum Gasteiger partial charge on any atom is 0.191 e. The van der Waals surface area contributed by atoms with Crippen molar-refractivity contribution in [2.75, 3.05) is 26.1 Å². The first-order chi connectivity index (χ1) is 14.1. The molecule has 0 spiro atoms. The van der Waals surface area contributed by atoms with Gasteiger partial charge in [-0.05, 0) is 61.4 Å². The zero-order valence-electron chi connectivity index (χ0n) is 17.2. The molecule has 0 aromatic heterocycles. The molecule has 2 aromatic rings. The van der Waals surface area contributed by atoms with E-state index in [0.717, 1.165) is 29.4 Å². The molecule has 0 atom stereocenters. The van der Waals surface area contributed by atoms with E-state index in [-0.39, 0.29) is 12.6 Å². The molecule has 0 fully saturated rings. The zero-order valence-corrected chi connectivity index (χ0v) is 18.0. The highest BCUT2D eigenvalue weighted by Crippen LogP contribution is 2.29. The van der Waals surface area contributed by atoms with Crippen molar-refractivity contribution in [1.29, 1.82) is 0 Å². The number of nitrogens with one attached hydrogen (secondary N) is 2. The lowest BCUT2D eigenvalue weighted by Crippen LogP contribution is -2.38.